The number of nitrogens with zero attached hydrogens (tertiary/aromatic N) is 1. The van der Waals surface area contributed by atoms with E-state index < -0.39 is 0 Å². The zero-order chi connectivity index (χ0) is 9.80. The van der Waals surface area contributed by atoms with Gasteiger partial charge < -0.3 is 4.79 Å². The van der Waals surface area contributed by atoms with Gasteiger partial charge in [-0.1, -0.05) is 12.1 Å². The minimum Gasteiger partial charge on any atom is -0.303 e. The highest BCUT2D eigenvalue weighted by Crippen LogP contribution is 2.15. The molecule has 2 heteroatoms. The highest BCUT2D eigenvalue weighted by molar-refractivity contribution is 5.82. The quantitative estimate of drug-likeness (QED) is 0.687. The fourth-order valence-corrected chi connectivity index (χ4v) is 1.52. The topological polar surface area (TPSA) is 30.0 Å². The molecule has 0 bridgehead atoms. The number of hydrogen-bond donors (Lipinski definition) is 0. The van der Waals surface area contributed by atoms with E-state index in [1.54, 1.807) is 6.20 Å². The summed E-state index contributed by atoms with van der Waals surface area (Å²) in [6.07, 6.45) is 5.99. The molecule has 0 atom stereocenters. The first-order valence-electron chi connectivity index (χ1n) is 4.66. The maximum Gasteiger partial charge on any atom is 0.120 e. The number of aryl methyl sites for hydroxylation is 1. The van der Waals surface area contributed by atoms with E-state index in [1.165, 1.54) is 10.9 Å². The number of fused-ring (bicyclic) bond motifs is 1. The highest BCUT2D eigenvalue weighted by Gasteiger charge is 1.95. The summed E-state index contributed by atoms with van der Waals surface area (Å²) in [4.78, 5) is 14.3. The Hall–Kier alpha value is -1.70. The van der Waals surface area contributed by atoms with Gasteiger partial charge in [-0.25, -0.2) is 0 Å². The molecule has 0 N–H and O–H groups in total. The van der Waals surface area contributed by atoms with Crippen molar-refractivity contribution in [2.75, 3.05) is 0 Å². The van der Waals surface area contributed by atoms with Gasteiger partial charge in [-0.2, -0.15) is 0 Å². The van der Waals surface area contributed by atoms with Crippen LogP contribution in [0.25, 0.3) is 10.8 Å². The summed E-state index contributed by atoms with van der Waals surface area (Å²) < 4.78 is 0. The molecule has 1 heterocycles. The molecule has 70 valence electrons. The first-order valence-corrected chi connectivity index (χ1v) is 4.66. The number of aromatic nitrogens is 1. The van der Waals surface area contributed by atoms with E-state index in [0.29, 0.717) is 6.42 Å². The lowest BCUT2D eigenvalue weighted by Crippen LogP contribution is -1.86. The molecule has 14 heavy (non-hydrogen) atoms. The molecule has 2 nitrogen and oxygen atoms in total. The molecule has 0 radical (unpaired) electrons. The number of pyridine rings is 1. The third kappa shape index (κ3) is 1.79. The minimum absolute atomic E-state index is 0.589. The van der Waals surface area contributed by atoms with Crippen LogP contribution in [0.4, 0.5) is 0 Å². The lowest BCUT2D eigenvalue weighted by molar-refractivity contribution is -0.107. The standard InChI is InChI=1S/C12H11NO/c14-7-1-2-10-3-4-11-5-6-13-9-12(11)8-10/h3-9H,1-2H2. The van der Waals surface area contributed by atoms with Crippen LogP contribution in [0.2, 0.25) is 0 Å². The number of carbonyl (C=O) groups is 1. The van der Waals surface area contributed by atoms with Crippen LogP contribution in [-0.4, -0.2) is 11.3 Å². The van der Waals surface area contributed by atoms with Crippen LogP contribution in [0.15, 0.2) is 36.7 Å². The van der Waals surface area contributed by atoms with Crippen molar-refractivity contribution in [3.8, 4) is 0 Å². The average molecular weight is 185 g/mol. The van der Waals surface area contributed by atoms with Gasteiger partial charge in [-0.05, 0) is 29.5 Å². The van der Waals surface area contributed by atoms with E-state index in [4.69, 9.17) is 0 Å². The Bertz CT molecular complexity index is 451. The molecule has 2 rings (SSSR count). The summed E-state index contributed by atoms with van der Waals surface area (Å²) in [5, 5.41) is 2.32. The Kier molecular flexibility index (Phi) is 2.54. The van der Waals surface area contributed by atoms with Crippen LogP contribution in [0.5, 0.6) is 0 Å². The predicted molar refractivity (Wildman–Crippen MR) is 56.1 cm³/mol. The van der Waals surface area contributed by atoms with Gasteiger partial charge in [0.2, 0.25) is 0 Å². The van der Waals surface area contributed by atoms with Crippen molar-refractivity contribution >= 4 is 17.1 Å². The lowest BCUT2D eigenvalue weighted by atomic mass is 10.1. The van der Waals surface area contributed by atoms with Crippen LogP contribution in [0.3, 0.4) is 0 Å². The smallest absolute Gasteiger partial charge is 0.120 e. The molecular formula is C12H11NO. The van der Waals surface area contributed by atoms with E-state index in [0.717, 1.165) is 18.1 Å². The number of aldehydes is 1. The summed E-state index contributed by atoms with van der Waals surface area (Å²) in [6, 6.07) is 8.20. The maximum atomic E-state index is 10.2. The maximum absolute atomic E-state index is 10.2. The fraction of sp³-hybridized carbons (Fsp3) is 0.167. The van der Waals surface area contributed by atoms with Crippen molar-refractivity contribution in [1.29, 1.82) is 0 Å². The molecule has 0 aliphatic carbocycles. The Balaban J connectivity index is 2.36. The molecule has 0 fully saturated rings. The van der Waals surface area contributed by atoms with Crippen molar-refractivity contribution in [3.63, 3.8) is 0 Å². The Morgan fingerprint density at radius 3 is 3.00 bits per heavy atom. The van der Waals surface area contributed by atoms with Crippen molar-refractivity contribution in [3.05, 3.63) is 42.2 Å². The lowest BCUT2D eigenvalue weighted by Gasteiger charge is -2.00. The van der Waals surface area contributed by atoms with Crippen LogP contribution in [-0.2, 0) is 11.2 Å². The van der Waals surface area contributed by atoms with Gasteiger partial charge >= 0.3 is 0 Å². The SMILES string of the molecule is O=CCCc1ccc2ccncc2c1. The molecule has 0 aliphatic heterocycles. The normalized spacial score (nSPS) is 10.3. The van der Waals surface area contributed by atoms with Crippen molar-refractivity contribution in [2.24, 2.45) is 0 Å². The second-order valence-corrected chi connectivity index (χ2v) is 3.26. The summed E-state index contributed by atoms with van der Waals surface area (Å²) in [5.41, 5.74) is 1.19. The van der Waals surface area contributed by atoms with E-state index in [1.807, 2.05) is 12.3 Å². The zero-order valence-corrected chi connectivity index (χ0v) is 7.81. The molecule has 1 aromatic carbocycles. The van der Waals surface area contributed by atoms with Gasteiger partial charge in [0.05, 0.1) is 0 Å². The Morgan fingerprint density at radius 1 is 1.21 bits per heavy atom. The van der Waals surface area contributed by atoms with Gasteiger partial charge in [-0.3, -0.25) is 4.98 Å². The molecule has 2 aromatic rings. The number of rotatable bonds is 3. The molecule has 0 spiro atoms. The van der Waals surface area contributed by atoms with Gasteiger partial charge in [-0.15, -0.1) is 0 Å². The molecule has 0 unspecified atom stereocenters. The summed E-state index contributed by atoms with van der Waals surface area (Å²) >= 11 is 0. The predicted octanol–water partition coefficient (Wildman–Crippen LogP) is 2.37. The van der Waals surface area contributed by atoms with Crippen LogP contribution >= 0.6 is 0 Å². The van der Waals surface area contributed by atoms with Gasteiger partial charge in [0.15, 0.2) is 0 Å². The third-order valence-corrected chi connectivity index (χ3v) is 2.26. The van der Waals surface area contributed by atoms with Gasteiger partial charge in [0.1, 0.15) is 6.29 Å². The fourth-order valence-electron chi connectivity index (χ4n) is 1.52. The van der Waals surface area contributed by atoms with Crippen LogP contribution in [0, 0.1) is 0 Å². The summed E-state index contributed by atoms with van der Waals surface area (Å²) in [6.45, 7) is 0. The number of hydrogen-bond acceptors (Lipinski definition) is 2. The minimum atomic E-state index is 0.589. The first-order chi connectivity index (χ1) is 6.90. The van der Waals surface area contributed by atoms with Crippen LogP contribution < -0.4 is 0 Å². The van der Waals surface area contributed by atoms with Crippen LogP contribution in [0.1, 0.15) is 12.0 Å². The van der Waals surface area contributed by atoms with E-state index in [9.17, 15) is 4.79 Å². The van der Waals surface area contributed by atoms with Crippen molar-refractivity contribution in [2.45, 2.75) is 12.8 Å². The van der Waals surface area contributed by atoms with E-state index >= 15 is 0 Å². The molecule has 0 aliphatic rings. The molecule has 1 aromatic heterocycles. The molecule has 0 saturated carbocycles. The second kappa shape index (κ2) is 4.01. The Labute approximate surface area is 82.6 Å². The summed E-state index contributed by atoms with van der Waals surface area (Å²) in [7, 11) is 0. The van der Waals surface area contributed by atoms with Crippen molar-refractivity contribution < 1.29 is 4.79 Å². The van der Waals surface area contributed by atoms with E-state index in [2.05, 4.69) is 23.2 Å². The van der Waals surface area contributed by atoms with Crippen molar-refractivity contribution in [1.82, 2.24) is 4.98 Å². The summed E-state index contributed by atoms with van der Waals surface area (Å²) in [5.74, 6) is 0. The van der Waals surface area contributed by atoms with E-state index in [-0.39, 0.29) is 0 Å². The third-order valence-electron chi connectivity index (χ3n) is 2.26. The largest absolute Gasteiger partial charge is 0.303 e. The first kappa shape index (κ1) is 8.88. The van der Waals surface area contributed by atoms with Gasteiger partial charge in [0.25, 0.3) is 0 Å². The highest BCUT2D eigenvalue weighted by atomic mass is 16.1. The number of benzene rings is 1. The molecule has 0 saturated heterocycles. The number of carbonyl (C=O) groups excluding carboxylic acids is 1. The second-order valence-electron chi connectivity index (χ2n) is 3.26. The average Bonchev–Trinajstić information content (AvgIpc) is 2.26. The molecular weight excluding hydrogens is 174 g/mol. The van der Waals surface area contributed by atoms with Gasteiger partial charge in [0, 0.05) is 24.2 Å². The Morgan fingerprint density at radius 2 is 2.14 bits per heavy atom. The molecule has 0 amide bonds. The zero-order valence-electron chi connectivity index (χ0n) is 7.81. The monoisotopic (exact) mass is 185 g/mol.